The Morgan fingerprint density at radius 2 is 1.94 bits per heavy atom. The van der Waals surface area contributed by atoms with Crippen LogP contribution in [0.5, 0.6) is 5.75 Å². The summed E-state index contributed by atoms with van der Waals surface area (Å²) in [4.78, 5) is 13.2. The van der Waals surface area contributed by atoms with E-state index >= 15 is 0 Å². The van der Waals surface area contributed by atoms with Crippen LogP contribution in [0.25, 0.3) is 0 Å². The van der Waals surface area contributed by atoms with Crippen LogP contribution >= 0.6 is 27.5 Å². The van der Waals surface area contributed by atoms with Crippen LogP contribution in [0.3, 0.4) is 0 Å². The zero-order valence-corrected chi connectivity index (χ0v) is 21.8. The number of ether oxygens (including phenoxy) is 3. The summed E-state index contributed by atoms with van der Waals surface area (Å²) >= 11 is 9.89. The maximum Gasteiger partial charge on any atom is 0.194 e. The number of carbonyl (C=O) groups excluding carboxylic acids is 1. The van der Waals surface area contributed by atoms with E-state index < -0.39 is 0 Å². The highest BCUT2D eigenvalue weighted by Crippen LogP contribution is 2.30. The van der Waals surface area contributed by atoms with E-state index in [1.807, 2.05) is 37.3 Å². The molecule has 0 bridgehead atoms. The molecule has 1 heterocycles. The number of rotatable bonds is 9. The molecule has 4 rings (SSSR count). The van der Waals surface area contributed by atoms with Crippen LogP contribution in [0.15, 0.2) is 59.1 Å². The van der Waals surface area contributed by atoms with Crippen molar-refractivity contribution < 1.29 is 19.0 Å². The monoisotopic (exact) mass is 558 g/mol. The molecule has 184 valence electrons. The molecular weight excluding hydrogens is 532 g/mol. The fourth-order valence-corrected chi connectivity index (χ4v) is 4.53. The zero-order valence-electron chi connectivity index (χ0n) is 19.5. The predicted molar refractivity (Wildman–Crippen MR) is 143 cm³/mol. The van der Waals surface area contributed by atoms with Crippen LogP contribution in [0.2, 0.25) is 5.02 Å². The van der Waals surface area contributed by atoms with E-state index in [0.29, 0.717) is 40.8 Å². The molecule has 1 aliphatic rings. The number of ketones is 1. The molecule has 0 radical (unpaired) electrons. The quantitative estimate of drug-likeness (QED) is 0.169. The van der Waals surface area contributed by atoms with Gasteiger partial charge in [0.05, 0.1) is 23.0 Å². The zero-order chi connectivity index (χ0) is 24.8. The Morgan fingerprint density at radius 1 is 1.11 bits per heavy atom. The van der Waals surface area contributed by atoms with Gasteiger partial charge in [-0.1, -0.05) is 27.5 Å². The maximum absolute atomic E-state index is 13.2. The lowest BCUT2D eigenvalue weighted by atomic mass is 9.98. The molecule has 35 heavy (non-hydrogen) atoms. The summed E-state index contributed by atoms with van der Waals surface area (Å²) in [7, 11) is 0. The summed E-state index contributed by atoms with van der Waals surface area (Å²) in [5, 5.41) is 3.59. The van der Waals surface area contributed by atoms with Gasteiger partial charge in [-0.05, 0) is 86.3 Å². The third kappa shape index (κ3) is 6.76. The topological polar surface area (TPSA) is 82.8 Å². The van der Waals surface area contributed by atoms with Crippen molar-refractivity contribution in [1.82, 2.24) is 0 Å². The van der Waals surface area contributed by atoms with Crippen molar-refractivity contribution in [1.29, 1.82) is 0 Å². The summed E-state index contributed by atoms with van der Waals surface area (Å²) in [5.41, 5.74) is 9.97. The molecular formula is C27H28BrClN2O4. The Morgan fingerprint density at radius 3 is 2.66 bits per heavy atom. The first kappa shape index (κ1) is 25.5. The fraction of sp³-hybridized carbons (Fsp3) is 0.296. The Balaban J connectivity index is 1.37. The standard InChI is InChI=1S/C27H28BrClN2O4/c1-17-14-20(33-12-13-35-26-4-2-3-11-34-26)7-9-21(17)27(32)22-8-6-19(16-23(22)29)31-25-10-5-18(28)15-24(25)30/h5-10,14-16,26,31H,2-4,11-13,30H2,1H3. The van der Waals surface area contributed by atoms with Gasteiger partial charge in [0.2, 0.25) is 0 Å². The van der Waals surface area contributed by atoms with Gasteiger partial charge in [-0.3, -0.25) is 4.79 Å². The number of hydrogen-bond donors (Lipinski definition) is 2. The van der Waals surface area contributed by atoms with Gasteiger partial charge in [0.15, 0.2) is 12.1 Å². The normalized spacial score (nSPS) is 15.6. The number of nitrogens with two attached hydrogens (primary N) is 1. The number of nitrogen functional groups attached to an aromatic ring is 1. The second kappa shape index (κ2) is 11.9. The molecule has 1 unspecified atom stereocenters. The Labute approximate surface area is 218 Å². The molecule has 1 aliphatic heterocycles. The third-order valence-electron chi connectivity index (χ3n) is 5.74. The first-order valence-electron chi connectivity index (χ1n) is 11.5. The first-order valence-corrected chi connectivity index (χ1v) is 12.7. The second-order valence-electron chi connectivity index (χ2n) is 8.37. The van der Waals surface area contributed by atoms with Crippen molar-refractivity contribution in [3.05, 3.63) is 80.8 Å². The summed E-state index contributed by atoms with van der Waals surface area (Å²) in [5.74, 6) is 0.538. The van der Waals surface area contributed by atoms with Crippen LogP contribution in [0, 0.1) is 6.92 Å². The van der Waals surface area contributed by atoms with Crippen LogP contribution < -0.4 is 15.8 Å². The van der Waals surface area contributed by atoms with Gasteiger partial charge in [-0.25, -0.2) is 0 Å². The third-order valence-corrected chi connectivity index (χ3v) is 6.55. The molecule has 3 N–H and O–H groups in total. The van der Waals surface area contributed by atoms with E-state index in [2.05, 4.69) is 21.2 Å². The Hall–Kier alpha value is -2.58. The highest BCUT2D eigenvalue weighted by molar-refractivity contribution is 9.10. The molecule has 3 aromatic carbocycles. The summed E-state index contributed by atoms with van der Waals surface area (Å²) < 4.78 is 17.9. The van der Waals surface area contributed by atoms with E-state index in [-0.39, 0.29) is 12.1 Å². The Bertz CT molecular complexity index is 1200. The van der Waals surface area contributed by atoms with Gasteiger partial charge in [-0.15, -0.1) is 0 Å². The minimum atomic E-state index is -0.147. The van der Waals surface area contributed by atoms with E-state index in [9.17, 15) is 4.79 Å². The molecule has 0 amide bonds. The lowest BCUT2D eigenvalue weighted by molar-refractivity contribution is -0.165. The largest absolute Gasteiger partial charge is 0.491 e. The predicted octanol–water partition coefficient (Wildman–Crippen LogP) is 6.89. The molecule has 6 nitrogen and oxygen atoms in total. The molecule has 1 fully saturated rings. The van der Waals surface area contributed by atoms with Gasteiger partial charge >= 0.3 is 0 Å². The summed E-state index contributed by atoms with van der Waals surface area (Å²) in [6.07, 6.45) is 3.01. The van der Waals surface area contributed by atoms with Crippen molar-refractivity contribution in [3.8, 4) is 5.75 Å². The number of anilines is 3. The van der Waals surface area contributed by atoms with Crippen LogP contribution in [0.4, 0.5) is 17.1 Å². The molecule has 0 aromatic heterocycles. The van der Waals surface area contributed by atoms with Crippen molar-refractivity contribution in [3.63, 3.8) is 0 Å². The average Bonchev–Trinajstić information content (AvgIpc) is 2.84. The highest BCUT2D eigenvalue weighted by atomic mass is 79.9. The van der Waals surface area contributed by atoms with E-state index in [0.717, 1.165) is 47.3 Å². The summed E-state index contributed by atoms with van der Waals surface area (Å²) in [6, 6.07) is 16.2. The minimum absolute atomic E-state index is 0.132. The minimum Gasteiger partial charge on any atom is -0.491 e. The number of benzene rings is 3. The van der Waals surface area contributed by atoms with Gasteiger partial charge in [0.25, 0.3) is 0 Å². The highest BCUT2D eigenvalue weighted by Gasteiger charge is 2.17. The Kier molecular flexibility index (Phi) is 8.68. The van der Waals surface area contributed by atoms with Crippen molar-refractivity contribution in [2.45, 2.75) is 32.5 Å². The number of carbonyl (C=O) groups is 1. The van der Waals surface area contributed by atoms with Gasteiger partial charge < -0.3 is 25.3 Å². The lowest BCUT2D eigenvalue weighted by Gasteiger charge is -2.22. The van der Waals surface area contributed by atoms with E-state index in [1.165, 1.54) is 0 Å². The molecule has 8 heteroatoms. The molecule has 0 spiro atoms. The van der Waals surface area contributed by atoms with E-state index in [4.69, 9.17) is 31.5 Å². The number of hydrogen-bond acceptors (Lipinski definition) is 6. The average molecular weight is 560 g/mol. The van der Waals surface area contributed by atoms with Gasteiger partial charge in [0.1, 0.15) is 12.4 Å². The van der Waals surface area contributed by atoms with E-state index in [1.54, 1.807) is 24.3 Å². The fourth-order valence-electron chi connectivity index (χ4n) is 3.89. The van der Waals surface area contributed by atoms with Crippen LogP contribution in [-0.4, -0.2) is 31.9 Å². The number of halogens is 2. The summed E-state index contributed by atoms with van der Waals surface area (Å²) in [6.45, 7) is 3.50. The maximum atomic E-state index is 13.2. The number of aryl methyl sites for hydroxylation is 1. The second-order valence-corrected chi connectivity index (χ2v) is 9.70. The lowest BCUT2D eigenvalue weighted by Crippen LogP contribution is -2.24. The molecule has 1 atom stereocenters. The van der Waals surface area contributed by atoms with Crippen molar-refractivity contribution in [2.75, 3.05) is 30.9 Å². The van der Waals surface area contributed by atoms with Crippen LogP contribution in [-0.2, 0) is 9.47 Å². The molecule has 0 aliphatic carbocycles. The van der Waals surface area contributed by atoms with Gasteiger partial charge in [-0.2, -0.15) is 0 Å². The first-order chi connectivity index (χ1) is 16.9. The van der Waals surface area contributed by atoms with Gasteiger partial charge in [0, 0.05) is 27.9 Å². The molecule has 3 aromatic rings. The SMILES string of the molecule is Cc1cc(OCCOC2CCCCO2)ccc1C(=O)c1ccc(Nc2ccc(Br)cc2N)cc1Cl. The molecule has 1 saturated heterocycles. The molecule has 0 saturated carbocycles. The van der Waals surface area contributed by atoms with Crippen molar-refractivity contribution in [2.24, 2.45) is 0 Å². The number of nitrogens with one attached hydrogen (secondary N) is 1. The van der Waals surface area contributed by atoms with Crippen molar-refractivity contribution >= 4 is 50.4 Å². The van der Waals surface area contributed by atoms with Crippen LogP contribution in [0.1, 0.15) is 40.7 Å². The smallest absolute Gasteiger partial charge is 0.194 e.